The van der Waals surface area contributed by atoms with Gasteiger partial charge < -0.3 is 10.3 Å². The van der Waals surface area contributed by atoms with E-state index < -0.39 is 0 Å². The first kappa shape index (κ1) is 12.2. The maximum absolute atomic E-state index is 11.8. The average molecular weight is 257 g/mol. The summed E-state index contributed by atoms with van der Waals surface area (Å²) in [7, 11) is 0. The van der Waals surface area contributed by atoms with Crippen LogP contribution in [0.1, 0.15) is 26.1 Å². The van der Waals surface area contributed by atoms with Crippen molar-refractivity contribution < 1.29 is 4.79 Å². The number of para-hydroxylation sites is 2. The average Bonchev–Trinajstić information content (AvgIpc) is 2.84. The topological polar surface area (TPSA) is 57.8 Å². The van der Waals surface area contributed by atoms with Gasteiger partial charge in [0.05, 0.1) is 11.0 Å². The van der Waals surface area contributed by atoms with E-state index in [0.717, 1.165) is 29.7 Å². The number of nitrogens with one attached hydrogen (secondary N) is 2. The summed E-state index contributed by atoms with van der Waals surface area (Å²) in [5, 5.41) is 2.99. The molecule has 1 heterocycles. The van der Waals surface area contributed by atoms with Crippen LogP contribution in [0.5, 0.6) is 0 Å². The molecule has 1 unspecified atom stereocenters. The molecule has 0 saturated heterocycles. The van der Waals surface area contributed by atoms with Crippen molar-refractivity contribution in [1.82, 2.24) is 15.3 Å². The summed E-state index contributed by atoms with van der Waals surface area (Å²) in [6.45, 7) is 4.91. The molecular formula is C15H19N3O. The van der Waals surface area contributed by atoms with Gasteiger partial charge in [-0.1, -0.05) is 26.0 Å². The lowest BCUT2D eigenvalue weighted by Gasteiger charge is -2.05. The van der Waals surface area contributed by atoms with Crippen LogP contribution in [0, 0.1) is 11.3 Å². The lowest BCUT2D eigenvalue weighted by molar-refractivity contribution is -0.122. The van der Waals surface area contributed by atoms with Crippen LogP contribution in [0.15, 0.2) is 24.3 Å². The summed E-state index contributed by atoms with van der Waals surface area (Å²) in [6, 6.07) is 7.96. The third-order valence-electron chi connectivity index (χ3n) is 3.93. The Bertz CT molecular complexity index is 582. The van der Waals surface area contributed by atoms with Crippen molar-refractivity contribution in [2.45, 2.75) is 26.7 Å². The van der Waals surface area contributed by atoms with Crippen molar-refractivity contribution in [3.63, 3.8) is 0 Å². The van der Waals surface area contributed by atoms with Crippen LogP contribution in [0.4, 0.5) is 0 Å². The maximum atomic E-state index is 11.8. The predicted octanol–water partition coefficient (Wildman–Crippen LogP) is 2.27. The van der Waals surface area contributed by atoms with Gasteiger partial charge in [-0.15, -0.1) is 0 Å². The Hall–Kier alpha value is -1.84. The summed E-state index contributed by atoms with van der Waals surface area (Å²) < 4.78 is 0. The highest BCUT2D eigenvalue weighted by Crippen LogP contribution is 2.51. The molecule has 1 atom stereocenters. The molecule has 1 fully saturated rings. The molecular weight excluding hydrogens is 238 g/mol. The number of imidazole rings is 1. The Morgan fingerprint density at radius 2 is 2.21 bits per heavy atom. The number of rotatable bonds is 4. The summed E-state index contributed by atoms with van der Waals surface area (Å²) in [6.07, 6.45) is 1.75. The Kier molecular flexibility index (Phi) is 2.81. The zero-order valence-corrected chi connectivity index (χ0v) is 11.4. The minimum atomic E-state index is 0.182. The third kappa shape index (κ3) is 2.48. The van der Waals surface area contributed by atoms with E-state index in [-0.39, 0.29) is 17.2 Å². The van der Waals surface area contributed by atoms with Crippen molar-refractivity contribution in [2.75, 3.05) is 6.54 Å². The monoisotopic (exact) mass is 257 g/mol. The number of fused-ring (bicyclic) bond motifs is 1. The lowest BCUT2D eigenvalue weighted by atomic mass is 10.1. The minimum Gasteiger partial charge on any atom is -0.355 e. The summed E-state index contributed by atoms with van der Waals surface area (Å²) in [5.41, 5.74) is 2.22. The number of nitrogens with zero attached hydrogens (tertiary/aromatic N) is 1. The van der Waals surface area contributed by atoms with E-state index in [1.165, 1.54) is 0 Å². The number of hydrogen-bond acceptors (Lipinski definition) is 2. The molecule has 0 spiro atoms. The van der Waals surface area contributed by atoms with Crippen molar-refractivity contribution in [3.8, 4) is 0 Å². The van der Waals surface area contributed by atoms with Crippen molar-refractivity contribution in [1.29, 1.82) is 0 Å². The first-order valence-electron chi connectivity index (χ1n) is 6.77. The molecule has 1 aliphatic rings. The Labute approximate surface area is 112 Å². The normalized spacial score (nSPS) is 20.4. The van der Waals surface area contributed by atoms with E-state index in [4.69, 9.17) is 0 Å². The van der Waals surface area contributed by atoms with E-state index in [2.05, 4.69) is 29.1 Å². The summed E-state index contributed by atoms with van der Waals surface area (Å²) >= 11 is 0. The van der Waals surface area contributed by atoms with Gasteiger partial charge in [-0.05, 0) is 24.0 Å². The van der Waals surface area contributed by atoms with E-state index in [1.54, 1.807) is 0 Å². The molecule has 0 aliphatic heterocycles. The molecule has 19 heavy (non-hydrogen) atoms. The molecule has 4 heteroatoms. The molecule has 1 aromatic carbocycles. The number of carbonyl (C=O) groups excluding carboxylic acids is 1. The van der Waals surface area contributed by atoms with Crippen molar-refractivity contribution >= 4 is 16.9 Å². The Morgan fingerprint density at radius 1 is 1.47 bits per heavy atom. The number of aromatic nitrogens is 2. The van der Waals surface area contributed by atoms with Crippen LogP contribution in [-0.4, -0.2) is 22.4 Å². The van der Waals surface area contributed by atoms with Crippen LogP contribution >= 0.6 is 0 Å². The van der Waals surface area contributed by atoms with Gasteiger partial charge in [0, 0.05) is 18.9 Å². The van der Waals surface area contributed by atoms with Gasteiger partial charge in [0.2, 0.25) is 5.91 Å². The zero-order chi connectivity index (χ0) is 13.5. The molecule has 2 aromatic rings. The number of benzene rings is 1. The van der Waals surface area contributed by atoms with Crippen LogP contribution in [0.2, 0.25) is 0 Å². The van der Waals surface area contributed by atoms with Gasteiger partial charge in [-0.3, -0.25) is 4.79 Å². The number of aromatic amines is 1. The molecule has 2 N–H and O–H groups in total. The van der Waals surface area contributed by atoms with Gasteiger partial charge in [0.25, 0.3) is 0 Å². The Balaban J connectivity index is 1.54. The van der Waals surface area contributed by atoms with Crippen LogP contribution in [-0.2, 0) is 11.2 Å². The first-order valence-corrected chi connectivity index (χ1v) is 6.77. The second-order valence-corrected chi connectivity index (χ2v) is 5.99. The fourth-order valence-electron chi connectivity index (χ4n) is 2.47. The molecule has 1 aliphatic carbocycles. The van der Waals surface area contributed by atoms with Gasteiger partial charge in [0.15, 0.2) is 0 Å². The number of amides is 1. The summed E-state index contributed by atoms with van der Waals surface area (Å²) in [4.78, 5) is 19.6. The van der Waals surface area contributed by atoms with Crippen molar-refractivity contribution in [2.24, 2.45) is 11.3 Å². The van der Waals surface area contributed by atoms with Gasteiger partial charge in [-0.2, -0.15) is 0 Å². The maximum Gasteiger partial charge on any atom is 0.223 e. The zero-order valence-electron chi connectivity index (χ0n) is 11.4. The van der Waals surface area contributed by atoms with E-state index >= 15 is 0 Å². The quantitative estimate of drug-likeness (QED) is 0.882. The van der Waals surface area contributed by atoms with Gasteiger partial charge >= 0.3 is 0 Å². The lowest BCUT2D eigenvalue weighted by Crippen LogP contribution is -2.28. The largest absolute Gasteiger partial charge is 0.355 e. The molecule has 4 nitrogen and oxygen atoms in total. The standard InChI is InChI=1S/C15H19N3O/c1-15(2)9-10(15)14(19)16-8-7-13-17-11-5-3-4-6-12(11)18-13/h3-6,10H,7-9H2,1-2H3,(H,16,19)(H,17,18). The summed E-state index contributed by atoms with van der Waals surface area (Å²) in [5.74, 6) is 1.31. The smallest absolute Gasteiger partial charge is 0.223 e. The van der Waals surface area contributed by atoms with Crippen LogP contribution in [0.25, 0.3) is 11.0 Å². The molecule has 1 amide bonds. The highest BCUT2D eigenvalue weighted by atomic mass is 16.2. The molecule has 100 valence electrons. The molecule has 0 radical (unpaired) electrons. The van der Waals surface area contributed by atoms with Crippen molar-refractivity contribution in [3.05, 3.63) is 30.1 Å². The SMILES string of the molecule is CC1(C)CC1C(=O)NCCc1nc2ccccc2[nH]1. The number of hydrogen-bond donors (Lipinski definition) is 2. The van der Waals surface area contributed by atoms with Gasteiger partial charge in [0.1, 0.15) is 5.82 Å². The predicted molar refractivity (Wildman–Crippen MR) is 74.7 cm³/mol. The van der Waals surface area contributed by atoms with Crippen LogP contribution in [0.3, 0.4) is 0 Å². The minimum absolute atomic E-state index is 0.182. The second-order valence-electron chi connectivity index (χ2n) is 5.99. The van der Waals surface area contributed by atoms with Gasteiger partial charge in [-0.25, -0.2) is 4.98 Å². The van der Waals surface area contributed by atoms with E-state index in [1.807, 2.05) is 24.3 Å². The highest BCUT2D eigenvalue weighted by Gasteiger charge is 2.50. The Morgan fingerprint density at radius 3 is 2.89 bits per heavy atom. The second kappa shape index (κ2) is 4.37. The fourth-order valence-corrected chi connectivity index (χ4v) is 2.47. The third-order valence-corrected chi connectivity index (χ3v) is 3.93. The number of H-pyrrole nitrogens is 1. The first-order chi connectivity index (χ1) is 9.06. The fraction of sp³-hybridized carbons (Fsp3) is 0.467. The molecule has 1 saturated carbocycles. The molecule has 1 aromatic heterocycles. The van der Waals surface area contributed by atoms with E-state index in [9.17, 15) is 4.79 Å². The molecule has 3 rings (SSSR count). The molecule has 0 bridgehead atoms. The highest BCUT2D eigenvalue weighted by molar-refractivity contribution is 5.82. The number of carbonyl (C=O) groups is 1. The van der Waals surface area contributed by atoms with E-state index in [0.29, 0.717) is 6.54 Å². The van der Waals surface area contributed by atoms with Crippen LogP contribution < -0.4 is 5.32 Å².